The molecule has 0 fully saturated rings. The Kier molecular flexibility index (Phi) is 3.14. The van der Waals surface area contributed by atoms with E-state index in [2.05, 4.69) is 10.2 Å². The number of benzene rings is 1. The lowest BCUT2D eigenvalue weighted by atomic mass is 10.1. The van der Waals surface area contributed by atoms with Crippen LogP contribution in [0.25, 0.3) is 0 Å². The summed E-state index contributed by atoms with van der Waals surface area (Å²) in [5.74, 6) is -0.510. The van der Waals surface area contributed by atoms with E-state index in [1.54, 1.807) is 19.1 Å². The Morgan fingerprint density at radius 2 is 2.12 bits per heavy atom. The molecule has 0 spiro atoms. The first-order chi connectivity index (χ1) is 8.06. The van der Waals surface area contributed by atoms with Gasteiger partial charge in [0.2, 0.25) is 5.89 Å². The zero-order valence-corrected chi connectivity index (χ0v) is 10.1. The molecule has 0 amide bonds. The van der Waals surface area contributed by atoms with Crippen molar-refractivity contribution in [3.8, 4) is 0 Å². The minimum absolute atomic E-state index is 0.242. The van der Waals surface area contributed by atoms with Gasteiger partial charge in [-0.2, -0.15) is 0 Å². The number of carboxylic acid groups (broad SMARTS) is 1. The van der Waals surface area contributed by atoms with E-state index in [1.807, 2.05) is 13.0 Å². The molecule has 0 aliphatic heterocycles. The summed E-state index contributed by atoms with van der Waals surface area (Å²) in [7, 11) is 0. The van der Waals surface area contributed by atoms with Crippen molar-refractivity contribution in [1.82, 2.24) is 10.2 Å². The minimum atomic E-state index is -0.965. The normalized spacial score (nSPS) is 10.5. The largest absolute Gasteiger partial charge is 0.478 e. The van der Waals surface area contributed by atoms with Crippen LogP contribution in [0.15, 0.2) is 32.7 Å². The summed E-state index contributed by atoms with van der Waals surface area (Å²) >= 11 is 1.15. The highest BCUT2D eigenvalue weighted by Crippen LogP contribution is 2.30. The van der Waals surface area contributed by atoms with Gasteiger partial charge in [0.15, 0.2) is 0 Å². The molecular formula is C11H10N2O3S. The van der Waals surface area contributed by atoms with Crippen LogP contribution in [0.3, 0.4) is 0 Å². The Morgan fingerprint density at radius 1 is 1.35 bits per heavy atom. The lowest BCUT2D eigenvalue weighted by Gasteiger charge is -2.03. The number of aryl methyl sites for hydroxylation is 2. The highest BCUT2D eigenvalue weighted by Gasteiger charge is 2.14. The molecule has 0 atom stereocenters. The molecular weight excluding hydrogens is 240 g/mol. The third kappa shape index (κ3) is 2.65. The Morgan fingerprint density at radius 3 is 2.71 bits per heavy atom. The summed E-state index contributed by atoms with van der Waals surface area (Å²) < 4.78 is 5.20. The summed E-state index contributed by atoms with van der Waals surface area (Å²) in [6.45, 7) is 3.53. The van der Waals surface area contributed by atoms with Gasteiger partial charge >= 0.3 is 5.97 Å². The Hall–Kier alpha value is -1.82. The third-order valence-corrected chi connectivity index (χ3v) is 2.99. The van der Waals surface area contributed by atoms with E-state index in [-0.39, 0.29) is 5.56 Å². The first kappa shape index (κ1) is 11.7. The van der Waals surface area contributed by atoms with Gasteiger partial charge in [-0.1, -0.05) is 11.6 Å². The predicted octanol–water partition coefficient (Wildman–Crippen LogP) is 2.54. The van der Waals surface area contributed by atoms with Crippen LogP contribution in [0.1, 0.15) is 21.8 Å². The maximum atomic E-state index is 11.1. The number of carboxylic acids is 1. The molecule has 0 saturated carbocycles. The summed E-state index contributed by atoms with van der Waals surface area (Å²) in [4.78, 5) is 11.7. The second-order valence-corrected chi connectivity index (χ2v) is 4.49. The van der Waals surface area contributed by atoms with Crippen molar-refractivity contribution in [1.29, 1.82) is 0 Å². The fourth-order valence-corrected chi connectivity index (χ4v) is 2.14. The zero-order valence-electron chi connectivity index (χ0n) is 9.30. The maximum Gasteiger partial charge on any atom is 0.336 e. The number of nitrogens with zero attached hydrogens (tertiary/aromatic N) is 2. The van der Waals surface area contributed by atoms with Gasteiger partial charge in [0, 0.05) is 11.8 Å². The molecule has 2 aromatic rings. The first-order valence-corrected chi connectivity index (χ1v) is 5.70. The number of aromatic nitrogens is 2. The van der Waals surface area contributed by atoms with Crippen molar-refractivity contribution >= 4 is 17.7 Å². The Bertz CT molecular complexity index is 566. The van der Waals surface area contributed by atoms with Gasteiger partial charge in [-0.05, 0) is 30.8 Å². The van der Waals surface area contributed by atoms with Gasteiger partial charge in [-0.15, -0.1) is 10.2 Å². The summed E-state index contributed by atoms with van der Waals surface area (Å²) in [5, 5.41) is 16.9. The molecule has 0 saturated heterocycles. The minimum Gasteiger partial charge on any atom is -0.478 e. The molecule has 0 radical (unpaired) electrons. The van der Waals surface area contributed by atoms with Crippen LogP contribution in [0.2, 0.25) is 0 Å². The fraction of sp³-hybridized carbons (Fsp3) is 0.182. The molecule has 6 heteroatoms. The maximum absolute atomic E-state index is 11.1. The SMILES string of the molecule is Cc1ccc(Sc2nnc(C)o2)c(C(=O)O)c1. The Balaban J connectivity index is 2.35. The highest BCUT2D eigenvalue weighted by atomic mass is 32.2. The van der Waals surface area contributed by atoms with Crippen molar-refractivity contribution in [3.63, 3.8) is 0 Å². The van der Waals surface area contributed by atoms with Crippen LogP contribution >= 0.6 is 11.8 Å². The van der Waals surface area contributed by atoms with Gasteiger partial charge in [0.1, 0.15) is 0 Å². The molecule has 17 heavy (non-hydrogen) atoms. The number of aromatic carboxylic acids is 1. The smallest absolute Gasteiger partial charge is 0.336 e. The van der Waals surface area contributed by atoms with Crippen LogP contribution in [-0.2, 0) is 0 Å². The summed E-state index contributed by atoms with van der Waals surface area (Å²) in [6, 6.07) is 5.20. The van der Waals surface area contributed by atoms with E-state index < -0.39 is 5.97 Å². The third-order valence-electron chi connectivity index (χ3n) is 2.07. The fourth-order valence-electron chi connectivity index (χ4n) is 1.31. The number of hydrogen-bond donors (Lipinski definition) is 1. The van der Waals surface area contributed by atoms with Crippen molar-refractivity contribution in [2.24, 2.45) is 0 Å². The predicted molar refractivity (Wildman–Crippen MR) is 61.3 cm³/mol. The standard InChI is InChI=1S/C11H10N2O3S/c1-6-3-4-9(8(5-6)10(14)15)17-11-13-12-7(2)16-11/h3-5H,1-2H3,(H,14,15). The second kappa shape index (κ2) is 4.58. The second-order valence-electron chi connectivity index (χ2n) is 3.49. The van der Waals surface area contributed by atoms with Gasteiger partial charge in [0.05, 0.1) is 5.56 Å². The lowest BCUT2D eigenvalue weighted by molar-refractivity contribution is 0.0693. The average Bonchev–Trinajstić information content (AvgIpc) is 2.66. The highest BCUT2D eigenvalue weighted by molar-refractivity contribution is 7.99. The van der Waals surface area contributed by atoms with Crippen molar-refractivity contribution in [2.45, 2.75) is 24.0 Å². The molecule has 1 N–H and O–H groups in total. The summed E-state index contributed by atoms with van der Waals surface area (Å²) in [5.41, 5.74) is 1.14. The van der Waals surface area contributed by atoms with E-state index >= 15 is 0 Å². The molecule has 1 aromatic heterocycles. The van der Waals surface area contributed by atoms with Crippen LogP contribution in [-0.4, -0.2) is 21.3 Å². The lowest BCUT2D eigenvalue weighted by Crippen LogP contribution is -1.99. The molecule has 1 aromatic carbocycles. The van der Waals surface area contributed by atoms with E-state index in [4.69, 9.17) is 9.52 Å². The van der Waals surface area contributed by atoms with E-state index in [0.29, 0.717) is 16.0 Å². The van der Waals surface area contributed by atoms with Gasteiger partial charge in [-0.3, -0.25) is 0 Å². The van der Waals surface area contributed by atoms with E-state index in [9.17, 15) is 4.79 Å². The average molecular weight is 250 g/mol. The van der Waals surface area contributed by atoms with E-state index in [0.717, 1.165) is 17.3 Å². The van der Waals surface area contributed by atoms with Crippen molar-refractivity contribution in [3.05, 3.63) is 35.2 Å². The molecule has 0 unspecified atom stereocenters. The van der Waals surface area contributed by atoms with Gasteiger partial charge < -0.3 is 9.52 Å². The topological polar surface area (TPSA) is 76.2 Å². The first-order valence-electron chi connectivity index (χ1n) is 4.88. The monoisotopic (exact) mass is 250 g/mol. The van der Waals surface area contributed by atoms with Crippen molar-refractivity contribution in [2.75, 3.05) is 0 Å². The van der Waals surface area contributed by atoms with Crippen LogP contribution in [0.5, 0.6) is 0 Å². The quantitative estimate of drug-likeness (QED) is 0.902. The van der Waals surface area contributed by atoms with Gasteiger partial charge in [0.25, 0.3) is 5.22 Å². The number of hydrogen-bond acceptors (Lipinski definition) is 5. The number of rotatable bonds is 3. The van der Waals surface area contributed by atoms with Crippen LogP contribution in [0, 0.1) is 13.8 Å². The van der Waals surface area contributed by atoms with Crippen LogP contribution in [0.4, 0.5) is 0 Å². The van der Waals surface area contributed by atoms with Crippen LogP contribution < -0.4 is 0 Å². The molecule has 5 nitrogen and oxygen atoms in total. The molecule has 0 bridgehead atoms. The Labute approximate surface area is 102 Å². The molecule has 1 heterocycles. The molecule has 2 rings (SSSR count). The summed E-state index contributed by atoms with van der Waals surface area (Å²) in [6.07, 6.45) is 0. The molecule has 0 aliphatic rings. The number of carbonyl (C=O) groups is 1. The van der Waals surface area contributed by atoms with E-state index in [1.165, 1.54) is 0 Å². The molecule has 88 valence electrons. The van der Waals surface area contributed by atoms with Crippen molar-refractivity contribution < 1.29 is 14.3 Å². The zero-order chi connectivity index (χ0) is 12.4. The van der Waals surface area contributed by atoms with Gasteiger partial charge in [-0.25, -0.2) is 4.79 Å². The molecule has 0 aliphatic carbocycles.